The van der Waals surface area contributed by atoms with Crippen molar-refractivity contribution in [1.82, 2.24) is 5.32 Å². The zero-order valence-corrected chi connectivity index (χ0v) is 11.9. The van der Waals surface area contributed by atoms with Gasteiger partial charge in [-0.2, -0.15) is 0 Å². The number of hydrogen-bond acceptors (Lipinski definition) is 3. The van der Waals surface area contributed by atoms with Crippen LogP contribution in [0.4, 0.5) is 10.5 Å². The minimum absolute atomic E-state index is 0.393. The first-order chi connectivity index (χ1) is 9.47. The Labute approximate surface area is 118 Å². The molecule has 0 fully saturated rings. The molecule has 6 heteroatoms. The van der Waals surface area contributed by atoms with E-state index in [2.05, 4.69) is 10.6 Å². The number of hydrogen-bond donors (Lipinski definition) is 3. The van der Waals surface area contributed by atoms with Crippen molar-refractivity contribution in [3.63, 3.8) is 0 Å². The van der Waals surface area contributed by atoms with E-state index in [0.29, 0.717) is 24.3 Å². The summed E-state index contributed by atoms with van der Waals surface area (Å²) >= 11 is 0. The summed E-state index contributed by atoms with van der Waals surface area (Å²) in [5, 5.41) is 14.1. The molecule has 0 radical (unpaired) electrons. The smallest absolute Gasteiger partial charge is 0.326 e. The molecule has 0 saturated carbocycles. The quantitative estimate of drug-likeness (QED) is 0.746. The number of benzene rings is 1. The second kappa shape index (κ2) is 7.37. The number of rotatable bonds is 6. The average molecular weight is 280 g/mol. The molecule has 2 amide bonds. The van der Waals surface area contributed by atoms with E-state index in [4.69, 9.17) is 9.84 Å². The van der Waals surface area contributed by atoms with Crippen LogP contribution in [0.2, 0.25) is 0 Å². The van der Waals surface area contributed by atoms with E-state index in [9.17, 15) is 9.59 Å². The Balaban J connectivity index is 2.68. The van der Waals surface area contributed by atoms with Crippen LogP contribution in [0.25, 0.3) is 0 Å². The van der Waals surface area contributed by atoms with Crippen LogP contribution < -0.4 is 15.4 Å². The minimum Gasteiger partial charge on any atom is -0.497 e. The van der Waals surface area contributed by atoms with Crippen molar-refractivity contribution in [3.8, 4) is 5.75 Å². The maximum absolute atomic E-state index is 11.8. The van der Waals surface area contributed by atoms with Crippen LogP contribution in [-0.2, 0) is 4.79 Å². The maximum atomic E-state index is 11.8. The lowest BCUT2D eigenvalue weighted by atomic mass is 10.1. The molecule has 0 unspecified atom stereocenters. The van der Waals surface area contributed by atoms with Gasteiger partial charge in [-0.15, -0.1) is 0 Å². The van der Waals surface area contributed by atoms with Crippen LogP contribution in [0.1, 0.15) is 25.3 Å². The topological polar surface area (TPSA) is 87.7 Å². The summed E-state index contributed by atoms with van der Waals surface area (Å²) in [5.41, 5.74) is 1.45. The number of carboxylic acids is 1. The molecule has 110 valence electrons. The zero-order chi connectivity index (χ0) is 15.1. The summed E-state index contributed by atoms with van der Waals surface area (Å²) in [6.45, 7) is 3.70. The third-order valence-electron chi connectivity index (χ3n) is 2.86. The fourth-order valence-corrected chi connectivity index (χ4v) is 1.77. The normalized spacial score (nSPS) is 11.6. The Hall–Kier alpha value is -2.24. The second-order valence-electron chi connectivity index (χ2n) is 4.46. The second-order valence-corrected chi connectivity index (χ2v) is 4.46. The molecule has 0 heterocycles. The van der Waals surface area contributed by atoms with E-state index in [0.717, 1.165) is 5.56 Å². The molecule has 0 aromatic heterocycles. The number of urea groups is 1. The fourth-order valence-electron chi connectivity index (χ4n) is 1.77. The summed E-state index contributed by atoms with van der Waals surface area (Å²) in [6.07, 6.45) is 1.07. The van der Waals surface area contributed by atoms with E-state index >= 15 is 0 Å². The molecule has 0 aliphatic heterocycles. The van der Waals surface area contributed by atoms with E-state index in [1.54, 1.807) is 25.3 Å². The van der Waals surface area contributed by atoms with E-state index in [1.807, 2.05) is 13.8 Å². The number of methoxy groups -OCH3 is 1. The number of carbonyl (C=O) groups is 2. The average Bonchev–Trinajstić information content (AvgIpc) is 2.40. The molecule has 1 rings (SSSR count). The molecule has 1 atom stereocenters. The van der Waals surface area contributed by atoms with Crippen molar-refractivity contribution in [1.29, 1.82) is 0 Å². The molecule has 1 aromatic carbocycles. The van der Waals surface area contributed by atoms with Gasteiger partial charge in [-0.3, -0.25) is 0 Å². The van der Waals surface area contributed by atoms with Crippen LogP contribution in [0.5, 0.6) is 5.75 Å². The summed E-state index contributed by atoms with van der Waals surface area (Å²) in [6, 6.07) is 3.82. The molecule has 3 N–H and O–H groups in total. The third-order valence-corrected chi connectivity index (χ3v) is 2.86. The van der Waals surface area contributed by atoms with Crippen molar-refractivity contribution >= 4 is 17.7 Å². The van der Waals surface area contributed by atoms with Gasteiger partial charge in [-0.25, -0.2) is 9.59 Å². The molecule has 20 heavy (non-hydrogen) atoms. The highest BCUT2D eigenvalue weighted by molar-refractivity contribution is 5.92. The molecule has 0 aliphatic rings. The van der Waals surface area contributed by atoms with E-state index < -0.39 is 18.0 Å². The van der Waals surface area contributed by atoms with Gasteiger partial charge < -0.3 is 20.5 Å². The first-order valence-corrected chi connectivity index (χ1v) is 6.42. The molecule has 0 saturated heterocycles. The number of anilines is 1. The number of ether oxygens (including phenoxy) is 1. The summed E-state index contributed by atoms with van der Waals surface area (Å²) in [5.74, 6) is -0.337. The lowest BCUT2D eigenvalue weighted by Gasteiger charge is -2.15. The van der Waals surface area contributed by atoms with Gasteiger partial charge in [0, 0.05) is 5.69 Å². The minimum atomic E-state index is -1.03. The van der Waals surface area contributed by atoms with Gasteiger partial charge in [0.1, 0.15) is 11.8 Å². The lowest BCUT2D eigenvalue weighted by molar-refractivity contribution is -0.139. The van der Waals surface area contributed by atoms with Gasteiger partial charge in [-0.1, -0.05) is 13.3 Å². The van der Waals surface area contributed by atoms with E-state index in [-0.39, 0.29) is 0 Å². The summed E-state index contributed by atoms with van der Waals surface area (Å²) in [7, 11) is 1.57. The Bertz CT molecular complexity index is 488. The van der Waals surface area contributed by atoms with Gasteiger partial charge in [0.15, 0.2) is 0 Å². The number of aryl methyl sites for hydroxylation is 1. The number of carbonyl (C=O) groups excluding carboxylic acids is 1. The number of aliphatic carboxylic acids is 1. The first-order valence-electron chi connectivity index (χ1n) is 6.42. The Morgan fingerprint density at radius 3 is 2.60 bits per heavy atom. The van der Waals surface area contributed by atoms with Crippen LogP contribution in [0.15, 0.2) is 18.2 Å². The number of nitrogens with one attached hydrogen (secondary N) is 2. The van der Waals surface area contributed by atoms with Gasteiger partial charge in [0.2, 0.25) is 0 Å². The first kappa shape index (κ1) is 15.8. The summed E-state index contributed by atoms with van der Waals surface area (Å²) < 4.78 is 5.08. The standard InChI is InChI=1S/C14H20N2O4/c1-4-5-12(13(17)18)16-14(19)15-11-7-6-10(20-3)8-9(11)2/h6-8,12H,4-5H2,1-3H3,(H,17,18)(H2,15,16,19)/t12-/m0/s1. The van der Waals surface area contributed by atoms with Gasteiger partial charge >= 0.3 is 12.0 Å². The highest BCUT2D eigenvalue weighted by atomic mass is 16.5. The van der Waals surface area contributed by atoms with Crippen LogP contribution in [0.3, 0.4) is 0 Å². The molecule has 1 aromatic rings. The Morgan fingerprint density at radius 1 is 1.40 bits per heavy atom. The van der Waals surface area contributed by atoms with Gasteiger partial charge in [-0.05, 0) is 37.1 Å². The molecular weight excluding hydrogens is 260 g/mol. The van der Waals surface area contributed by atoms with Crippen molar-refractivity contribution < 1.29 is 19.4 Å². The van der Waals surface area contributed by atoms with Crippen LogP contribution in [0, 0.1) is 6.92 Å². The van der Waals surface area contributed by atoms with Crippen molar-refractivity contribution in [2.75, 3.05) is 12.4 Å². The molecule has 0 spiro atoms. The zero-order valence-electron chi connectivity index (χ0n) is 11.9. The highest BCUT2D eigenvalue weighted by Crippen LogP contribution is 2.20. The highest BCUT2D eigenvalue weighted by Gasteiger charge is 2.18. The van der Waals surface area contributed by atoms with Crippen LogP contribution in [-0.4, -0.2) is 30.3 Å². The third kappa shape index (κ3) is 4.46. The molecule has 0 aliphatic carbocycles. The lowest BCUT2D eigenvalue weighted by Crippen LogP contribution is -2.42. The number of amides is 2. The fraction of sp³-hybridized carbons (Fsp3) is 0.429. The Morgan fingerprint density at radius 2 is 2.10 bits per heavy atom. The Kier molecular flexibility index (Phi) is 5.83. The predicted molar refractivity (Wildman–Crippen MR) is 76.2 cm³/mol. The van der Waals surface area contributed by atoms with Crippen molar-refractivity contribution in [3.05, 3.63) is 23.8 Å². The van der Waals surface area contributed by atoms with Gasteiger partial charge in [0.25, 0.3) is 0 Å². The molecule has 6 nitrogen and oxygen atoms in total. The molecule has 0 bridgehead atoms. The van der Waals surface area contributed by atoms with Crippen molar-refractivity contribution in [2.24, 2.45) is 0 Å². The SMILES string of the molecule is CCC[C@H](NC(=O)Nc1ccc(OC)cc1C)C(=O)O. The maximum Gasteiger partial charge on any atom is 0.326 e. The van der Waals surface area contributed by atoms with E-state index in [1.165, 1.54) is 0 Å². The summed E-state index contributed by atoms with van der Waals surface area (Å²) in [4.78, 5) is 22.8. The monoisotopic (exact) mass is 280 g/mol. The van der Waals surface area contributed by atoms with Crippen LogP contribution >= 0.6 is 0 Å². The van der Waals surface area contributed by atoms with Gasteiger partial charge in [0.05, 0.1) is 7.11 Å². The predicted octanol–water partition coefficient (Wildman–Crippen LogP) is 2.38. The largest absolute Gasteiger partial charge is 0.497 e. The number of carboxylic acid groups (broad SMARTS) is 1. The molecular formula is C14H20N2O4. The van der Waals surface area contributed by atoms with Crippen molar-refractivity contribution in [2.45, 2.75) is 32.7 Å².